The van der Waals surface area contributed by atoms with Crippen molar-refractivity contribution in [3.63, 3.8) is 0 Å². The number of anilines is 1. The average molecular weight is 295 g/mol. The minimum absolute atomic E-state index is 0.00490. The second-order valence-corrected chi connectivity index (χ2v) is 3.79. The van der Waals surface area contributed by atoms with Gasteiger partial charge in [0.1, 0.15) is 5.75 Å². The third-order valence-electron chi connectivity index (χ3n) is 2.39. The number of nitriles is 1. The van der Waals surface area contributed by atoms with Crippen molar-refractivity contribution < 1.29 is 17.9 Å². The quantitative estimate of drug-likeness (QED) is 0.667. The Bertz CT molecular complexity index is 696. The van der Waals surface area contributed by atoms with Gasteiger partial charge in [-0.1, -0.05) is 0 Å². The van der Waals surface area contributed by atoms with Crippen LogP contribution in [-0.4, -0.2) is 9.97 Å². The lowest BCUT2D eigenvalue weighted by Gasteiger charge is -2.13. The van der Waals surface area contributed by atoms with E-state index < -0.39 is 17.5 Å². The minimum atomic E-state index is -4.66. The smallest absolute Gasteiger partial charge is 0.420 e. The van der Waals surface area contributed by atoms with Gasteiger partial charge in [0, 0.05) is 12.3 Å². The molecule has 0 atom stereocenters. The Morgan fingerprint density at radius 3 is 2.67 bits per heavy atom. The maximum atomic E-state index is 13.0. The maximum Gasteiger partial charge on any atom is 0.420 e. The zero-order chi connectivity index (χ0) is 15.5. The van der Waals surface area contributed by atoms with Crippen molar-refractivity contribution in [2.75, 3.05) is 5.43 Å². The van der Waals surface area contributed by atoms with Crippen molar-refractivity contribution in [3.8, 4) is 17.7 Å². The van der Waals surface area contributed by atoms with E-state index in [2.05, 4.69) is 15.4 Å². The number of hydrazine groups is 1. The summed E-state index contributed by atoms with van der Waals surface area (Å²) in [6.07, 6.45) is -3.39. The Morgan fingerprint density at radius 2 is 2.05 bits per heavy atom. The first-order chi connectivity index (χ1) is 9.94. The van der Waals surface area contributed by atoms with E-state index in [1.54, 1.807) is 6.07 Å². The number of hydrogen-bond donors (Lipinski definition) is 2. The first-order valence-electron chi connectivity index (χ1n) is 5.53. The topological polar surface area (TPSA) is 96.8 Å². The average Bonchev–Trinajstić information content (AvgIpc) is 2.46. The van der Waals surface area contributed by atoms with Crippen LogP contribution in [-0.2, 0) is 6.18 Å². The number of aromatic nitrogens is 2. The van der Waals surface area contributed by atoms with Gasteiger partial charge in [0.05, 0.1) is 17.2 Å². The molecule has 0 amide bonds. The first kappa shape index (κ1) is 14.5. The van der Waals surface area contributed by atoms with Crippen molar-refractivity contribution in [2.45, 2.75) is 6.18 Å². The fourth-order valence-electron chi connectivity index (χ4n) is 1.49. The SMILES string of the molecule is N#Cc1ccc(Oc2ccnc(NN)n2)c(C(F)(F)F)c1. The number of benzene rings is 1. The molecule has 9 heteroatoms. The molecule has 0 aliphatic rings. The van der Waals surface area contributed by atoms with E-state index in [1.807, 2.05) is 0 Å². The lowest BCUT2D eigenvalue weighted by atomic mass is 10.1. The maximum absolute atomic E-state index is 13.0. The molecule has 6 nitrogen and oxygen atoms in total. The van der Waals surface area contributed by atoms with Gasteiger partial charge in [0.2, 0.25) is 11.8 Å². The summed E-state index contributed by atoms with van der Waals surface area (Å²) in [5.41, 5.74) is 0.958. The van der Waals surface area contributed by atoms with Crippen LogP contribution in [0.4, 0.5) is 19.1 Å². The molecular weight excluding hydrogens is 287 g/mol. The number of halogens is 3. The molecule has 1 aromatic heterocycles. The first-order valence-corrected chi connectivity index (χ1v) is 5.53. The number of ether oxygens (including phenoxy) is 1. The molecule has 0 fully saturated rings. The van der Waals surface area contributed by atoms with Crippen LogP contribution in [0.15, 0.2) is 30.5 Å². The van der Waals surface area contributed by atoms with Gasteiger partial charge in [-0.15, -0.1) is 0 Å². The number of rotatable bonds is 3. The summed E-state index contributed by atoms with van der Waals surface area (Å²) >= 11 is 0. The molecule has 2 rings (SSSR count). The standard InChI is InChI=1S/C12H8F3N5O/c13-12(14,15)8-5-7(6-16)1-2-9(8)21-10-3-4-18-11(19-10)20-17/h1-5H,17H2,(H,18,19,20). The van der Waals surface area contributed by atoms with E-state index in [9.17, 15) is 13.2 Å². The van der Waals surface area contributed by atoms with Gasteiger partial charge in [-0.25, -0.2) is 10.8 Å². The van der Waals surface area contributed by atoms with Gasteiger partial charge >= 0.3 is 6.18 Å². The van der Waals surface area contributed by atoms with Crippen molar-refractivity contribution in [1.29, 1.82) is 5.26 Å². The summed E-state index contributed by atoms with van der Waals surface area (Å²) in [5, 5.41) is 8.68. The predicted molar refractivity (Wildman–Crippen MR) is 66.1 cm³/mol. The van der Waals surface area contributed by atoms with Gasteiger partial charge < -0.3 is 4.74 Å². The Kier molecular flexibility index (Phi) is 3.91. The van der Waals surface area contributed by atoms with E-state index in [-0.39, 0.29) is 17.4 Å². The molecule has 3 N–H and O–H groups in total. The summed E-state index contributed by atoms with van der Waals surface area (Å²) in [6, 6.07) is 5.90. The second kappa shape index (κ2) is 5.64. The number of nitrogens with one attached hydrogen (secondary N) is 1. The summed E-state index contributed by atoms with van der Waals surface area (Å²) in [4.78, 5) is 7.46. The fourth-order valence-corrected chi connectivity index (χ4v) is 1.49. The molecule has 0 aliphatic carbocycles. The normalized spacial score (nSPS) is 10.8. The van der Waals surface area contributed by atoms with E-state index in [0.717, 1.165) is 6.07 Å². The number of nitrogens with two attached hydrogens (primary N) is 1. The van der Waals surface area contributed by atoms with Crippen LogP contribution in [0.25, 0.3) is 0 Å². The van der Waals surface area contributed by atoms with Gasteiger partial charge in [0.25, 0.3) is 0 Å². The van der Waals surface area contributed by atoms with Gasteiger partial charge in [0.15, 0.2) is 0 Å². The summed E-state index contributed by atoms with van der Waals surface area (Å²) in [5.74, 6) is 4.51. The Hall–Kier alpha value is -2.86. The van der Waals surface area contributed by atoms with Gasteiger partial charge in [-0.2, -0.15) is 23.4 Å². The number of nitrogen functional groups attached to an aromatic ring is 1. The lowest BCUT2D eigenvalue weighted by molar-refractivity contribution is -0.138. The minimum Gasteiger partial charge on any atom is -0.438 e. The molecule has 0 aliphatic heterocycles. The molecule has 21 heavy (non-hydrogen) atoms. The van der Waals surface area contributed by atoms with Gasteiger partial charge in [-0.3, -0.25) is 5.43 Å². The fraction of sp³-hybridized carbons (Fsp3) is 0.0833. The number of nitrogens with zero attached hydrogens (tertiary/aromatic N) is 3. The highest BCUT2D eigenvalue weighted by molar-refractivity contribution is 5.45. The van der Waals surface area contributed by atoms with E-state index >= 15 is 0 Å². The predicted octanol–water partition coefficient (Wildman–Crippen LogP) is 2.44. The van der Waals surface area contributed by atoms with Crippen LogP contribution in [0.3, 0.4) is 0 Å². The van der Waals surface area contributed by atoms with Crippen molar-refractivity contribution in [2.24, 2.45) is 5.84 Å². The van der Waals surface area contributed by atoms with Crippen LogP contribution in [0, 0.1) is 11.3 Å². The molecule has 0 saturated heterocycles. The van der Waals surface area contributed by atoms with Crippen molar-refractivity contribution >= 4 is 5.95 Å². The Morgan fingerprint density at radius 1 is 1.29 bits per heavy atom. The highest BCUT2D eigenvalue weighted by atomic mass is 19.4. The van der Waals surface area contributed by atoms with E-state index in [1.165, 1.54) is 18.3 Å². The summed E-state index contributed by atoms with van der Waals surface area (Å²) in [6.45, 7) is 0. The molecular formula is C12H8F3N5O. The van der Waals surface area contributed by atoms with Crippen LogP contribution in [0.1, 0.15) is 11.1 Å². The number of hydrogen-bond acceptors (Lipinski definition) is 6. The van der Waals surface area contributed by atoms with Crippen molar-refractivity contribution in [1.82, 2.24) is 9.97 Å². The molecule has 108 valence electrons. The monoisotopic (exact) mass is 295 g/mol. The molecule has 0 unspecified atom stereocenters. The molecule has 0 spiro atoms. The van der Waals surface area contributed by atoms with E-state index in [4.69, 9.17) is 15.8 Å². The molecule has 0 bridgehead atoms. The molecule has 0 radical (unpaired) electrons. The molecule has 0 saturated carbocycles. The molecule has 1 aromatic carbocycles. The highest BCUT2D eigenvalue weighted by Crippen LogP contribution is 2.38. The van der Waals surface area contributed by atoms with Crippen molar-refractivity contribution in [3.05, 3.63) is 41.6 Å². The van der Waals surface area contributed by atoms with Crippen LogP contribution in [0.5, 0.6) is 11.6 Å². The van der Waals surface area contributed by atoms with Gasteiger partial charge in [-0.05, 0) is 18.2 Å². The lowest BCUT2D eigenvalue weighted by Crippen LogP contribution is -2.11. The zero-order valence-electron chi connectivity index (χ0n) is 10.3. The number of alkyl halides is 3. The van der Waals surface area contributed by atoms with Crippen LogP contribution >= 0.6 is 0 Å². The van der Waals surface area contributed by atoms with E-state index in [0.29, 0.717) is 6.07 Å². The third-order valence-corrected chi connectivity index (χ3v) is 2.39. The second-order valence-electron chi connectivity index (χ2n) is 3.79. The largest absolute Gasteiger partial charge is 0.438 e. The highest BCUT2D eigenvalue weighted by Gasteiger charge is 2.35. The molecule has 2 aromatic rings. The van der Waals surface area contributed by atoms with Crippen LogP contribution < -0.4 is 16.0 Å². The summed E-state index contributed by atoms with van der Waals surface area (Å²) in [7, 11) is 0. The summed E-state index contributed by atoms with van der Waals surface area (Å²) < 4.78 is 44.0. The Balaban J connectivity index is 2.42. The molecule has 1 heterocycles. The third kappa shape index (κ3) is 3.37. The zero-order valence-corrected chi connectivity index (χ0v) is 10.3. The van der Waals surface area contributed by atoms with Crippen LogP contribution in [0.2, 0.25) is 0 Å². The Labute approximate surface area is 117 Å².